The molecule has 2 aliphatic rings. The Bertz CT molecular complexity index is 397. The fourth-order valence-electron chi connectivity index (χ4n) is 3.26. The second kappa shape index (κ2) is 9.20. The van der Waals surface area contributed by atoms with Crippen LogP contribution in [0.25, 0.3) is 0 Å². The summed E-state index contributed by atoms with van der Waals surface area (Å²) in [5.41, 5.74) is 0. The van der Waals surface area contributed by atoms with Gasteiger partial charge in [-0.2, -0.15) is 0 Å². The van der Waals surface area contributed by atoms with Crippen molar-refractivity contribution < 1.29 is 19.4 Å². The predicted molar refractivity (Wildman–Crippen MR) is 85.9 cm³/mol. The molecule has 132 valence electrons. The first-order valence-electron chi connectivity index (χ1n) is 8.64. The molecule has 0 aliphatic carbocycles. The monoisotopic (exact) mass is 327 g/mol. The molecule has 0 aromatic rings. The van der Waals surface area contributed by atoms with E-state index in [0.29, 0.717) is 26.2 Å². The van der Waals surface area contributed by atoms with Crippen LogP contribution in [-0.2, 0) is 14.3 Å². The highest BCUT2D eigenvalue weighted by Crippen LogP contribution is 2.18. The molecule has 2 heterocycles. The van der Waals surface area contributed by atoms with E-state index in [1.807, 2.05) is 4.90 Å². The van der Waals surface area contributed by atoms with Crippen LogP contribution in [-0.4, -0.2) is 97.3 Å². The molecule has 1 amide bonds. The Morgan fingerprint density at radius 3 is 2.48 bits per heavy atom. The summed E-state index contributed by atoms with van der Waals surface area (Å²) in [6.45, 7) is 8.20. The van der Waals surface area contributed by atoms with Gasteiger partial charge in [0.2, 0.25) is 5.91 Å². The molecule has 23 heavy (non-hydrogen) atoms. The molecule has 1 N–H and O–H groups in total. The van der Waals surface area contributed by atoms with Crippen molar-refractivity contribution in [1.29, 1.82) is 0 Å². The third-order valence-corrected chi connectivity index (χ3v) is 4.63. The van der Waals surface area contributed by atoms with Gasteiger partial charge < -0.3 is 14.7 Å². The molecule has 0 saturated carbocycles. The van der Waals surface area contributed by atoms with E-state index >= 15 is 0 Å². The highest BCUT2D eigenvalue weighted by molar-refractivity contribution is 5.80. The summed E-state index contributed by atoms with van der Waals surface area (Å²) in [4.78, 5) is 30.5. The molecular formula is C16H29N3O4. The van der Waals surface area contributed by atoms with Crippen LogP contribution in [0.3, 0.4) is 0 Å². The molecule has 1 unspecified atom stereocenters. The molecule has 2 rings (SSSR count). The molecule has 7 nitrogen and oxygen atoms in total. The van der Waals surface area contributed by atoms with E-state index in [-0.39, 0.29) is 24.4 Å². The Morgan fingerprint density at radius 2 is 1.83 bits per heavy atom. The van der Waals surface area contributed by atoms with E-state index in [0.717, 1.165) is 45.6 Å². The number of esters is 1. The minimum absolute atomic E-state index is 0.106. The number of aliphatic hydroxyl groups excluding tert-OH is 1. The number of carbonyl (C=O) groups excluding carboxylic acids is 2. The van der Waals surface area contributed by atoms with Gasteiger partial charge in [-0.1, -0.05) is 0 Å². The van der Waals surface area contributed by atoms with E-state index < -0.39 is 0 Å². The van der Waals surface area contributed by atoms with Gasteiger partial charge in [0.05, 0.1) is 25.7 Å². The van der Waals surface area contributed by atoms with Gasteiger partial charge in [0, 0.05) is 45.8 Å². The van der Waals surface area contributed by atoms with Crippen molar-refractivity contribution in [3.05, 3.63) is 0 Å². The average molecular weight is 327 g/mol. The van der Waals surface area contributed by atoms with E-state index in [1.54, 1.807) is 6.92 Å². The van der Waals surface area contributed by atoms with Gasteiger partial charge in [0.15, 0.2) is 0 Å². The van der Waals surface area contributed by atoms with Crippen LogP contribution in [0.2, 0.25) is 0 Å². The number of piperazine rings is 1. The molecule has 0 aromatic heterocycles. The summed E-state index contributed by atoms with van der Waals surface area (Å²) in [7, 11) is 0. The van der Waals surface area contributed by atoms with E-state index in [1.165, 1.54) is 0 Å². The molecule has 7 heteroatoms. The first kappa shape index (κ1) is 18.2. The van der Waals surface area contributed by atoms with Gasteiger partial charge >= 0.3 is 5.97 Å². The van der Waals surface area contributed by atoms with Crippen molar-refractivity contribution in [3.63, 3.8) is 0 Å². The van der Waals surface area contributed by atoms with Crippen LogP contribution in [0.15, 0.2) is 0 Å². The van der Waals surface area contributed by atoms with E-state index in [9.17, 15) is 9.59 Å². The van der Waals surface area contributed by atoms with Crippen LogP contribution in [0.5, 0.6) is 0 Å². The third-order valence-electron chi connectivity index (χ3n) is 4.63. The second-order valence-electron chi connectivity index (χ2n) is 6.27. The first-order chi connectivity index (χ1) is 11.1. The van der Waals surface area contributed by atoms with E-state index in [4.69, 9.17) is 9.84 Å². The number of amides is 1. The smallest absolute Gasteiger partial charge is 0.310 e. The number of β-amino-alcohol motifs (C(OH)–C–C–N with tert-alkyl or cyclic N) is 1. The average Bonchev–Trinajstić information content (AvgIpc) is 2.57. The SMILES string of the molecule is CCOC(=O)C1CCCN(C(=O)CN2CCN(CCO)CC2)C1. The summed E-state index contributed by atoms with van der Waals surface area (Å²) in [5, 5.41) is 8.95. The third kappa shape index (κ3) is 5.44. The second-order valence-corrected chi connectivity index (χ2v) is 6.27. The quantitative estimate of drug-likeness (QED) is 0.657. The summed E-state index contributed by atoms with van der Waals surface area (Å²) < 4.78 is 5.08. The number of hydrogen-bond donors (Lipinski definition) is 1. The van der Waals surface area contributed by atoms with Crippen LogP contribution in [0.1, 0.15) is 19.8 Å². The molecule has 0 radical (unpaired) electrons. The zero-order valence-electron chi connectivity index (χ0n) is 14.1. The lowest BCUT2D eigenvalue weighted by Gasteiger charge is -2.36. The normalized spacial score (nSPS) is 23.7. The minimum Gasteiger partial charge on any atom is -0.466 e. The molecule has 0 spiro atoms. The number of piperidine rings is 1. The highest BCUT2D eigenvalue weighted by Gasteiger charge is 2.30. The zero-order valence-corrected chi connectivity index (χ0v) is 14.1. The lowest BCUT2D eigenvalue weighted by Crippen LogP contribution is -2.52. The number of aliphatic hydroxyl groups is 1. The number of nitrogens with zero attached hydrogens (tertiary/aromatic N) is 3. The van der Waals surface area contributed by atoms with Gasteiger partial charge in [-0.3, -0.25) is 19.4 Å². The summed E-state index contributed by atoms with van der Waals surface area (Å²) >= 11 is 0. The van der Waals surface area contributed by atoms with Crippen molar-refractivity contribution in [2.45, 2.75) is 19.8 Å². The highest BCUT2D eigenvalue weighted by atomic mass is 16.5. The summed E-state index contributed by atoms with van der Waals surface area (Å²) in [5.74, 6) is -0.244. The molecule has 1 atom stereocenters. The molecular weight excluding hydrogens is 298 g/mol. The molecule has 0 bridgehead atoms. The lowest BCUT2D eigenvalue weighted by atomic mass is 9.98. The maximum Gasteiger partial charge on any atom is 0.310 e. The van der Waals surface area contributed by atoms with Crippen molar-refractivity contribution in [2.75, 3.05) is 65.6 Å². The number of ether oxygens (including phenoxy) is 1. The summed E-state index contributed by atoms with van der Waals surface area (Å²) in [6.07, 6.45) is 1.67. The Morgan fingerprint density at radius 1 is 1.13 bits per heavy atom. The van der Waals surface area contributed by atoms with Crippen LogP contribution >= 0.6 is 0 Å². The molecule has 0 aromatic carbocycles. The van der Waals surface area contributed by atoms with Gasteiger partial charge in [-0.05, 0) is 19.8 Å². The minimum atomic E-state index is -0.178. The number of carbonyl (C=O) groups is 2. The molecule has 2 aliphatic heterocycles. The predicted octanol–water partition coefficient (Wildman–Crippen LogP) is -0.602. The largest absolute Gasteiger partial charge is 0.466 e. The number of likely N-dealkylation sites (tertiary alicyclic amines) is 1. The lowest BCUT2D eigenvalue weighted by molar-refractivity contribution is -0.151. The fourth-order valence-corrected chi connectivity index (χ4v) is 3.26. The van der Waals surface area contributed by atoms with Crippen molar-refractivity contribution in [2.24, 2.45) is 5.92 Å². The van der Waals surface area contributed by atoms with Crippen LogP contribution < -0.4 is 0 Å². The van der Waals surface area contributed by atoms with Gasteiger partial charge in [-0.15, -0.1) is 0 Å². The Kier molecular flexibility index (Phi) is 7.26. The maximum atomic E-state index is 12.5. The van der Waals surface area contributed by atoms with Gasteiger partial charge in [0.25, 0.3) is 0 Å². The fraction of sp³-hybridized carbons (Fsp3) is 0.875. The van der Waals surface area contributed by atoms with Gasteiger partial charge in [-0.25, -0.2) is 0 Å². The Balaban J connectivity index is 1.76. The first-order valence-corrected chi connectivity index (χ1v) is 8.64. The topological polar surface area (TPSA) is 73.3 Å². The van der Waals surface area contributed by atoms with Crippen molar-refractivity contribution in [3.8, 4) is 0 Å². The maximum absolute atomic E-state index is 12.5. The molecule has 2 saturated heterocycles. The number of rotatable bonds is 6. The Labute approximate surface area is 138 Å². The number of hydrogen-bond acceptors (Lipinski definition) is 6. The Hall–Kier alpha value is -1.18. The van der Waals surface area contributed by atoms with E-state index in [2.05, 4.69) is 9.80 Å². The summed E-state index contributed by atoms with van der Waals surface area (Å²) in [6, 6.07) is 0. The van der Waals surface area contributed by atoms with Crippen LogP contribution in [0, 0.1) is 5.92 Å². The van der Waals surface area contributed by atoms with Crippen molar-refractivity contribution >= 4 is 11.9 Å². The van der Waals surface area contributed by atoms with Gasteiger partial charge in [0.1, 0.15) is 0 Å². The van der Waals surface area contributed by atoms with Crippen LogP contribution in [0.4, 0.5) is 0 Å². The zero-order chi connectivity index (χ0) is 16.7. The molecule has 2 fully saturated rings. The standard InChI is InChI=1S/C16H29N3O4/c1-2-23-16(22)14-4-3-5-19(12-14)15(21)13-18-8-6-17(7-9-18)10-11-20/h14,20H,2-13H2,1H3. The van der Waals surface area contributed by atoms with Crippen molar-refractivity contribution in [1.82, 2.24) is 14.7 Å².